The van der Waals surface area contributed by atoms with E-state index in [1.54, 1.807) is 4.68 Å². The van der Waals surface area contributed by atoms with Crippen LogP contribution in [0.4, 0.5) is 11.5 Å². The second-order valence-electron chi connectivity index (χ2n) is 11.2. The first-order valence-corrected chi connectivity index (χ1v) is 14.0. The molecule has 3 aromatic heterocycles. The zero-order valence-corrected chi connectivity index (χ0v) is 22.5. The van der Waals surface area contributed by atoms with E-state index in [4.69, 9.17) is 30.4 Å². The molecule has 1 fully saturated rings. The minimum atomic E-state index is -0.340. The molecule has 0 saturated carbocycles. The Kier molecular flexibility index (Phi) is 6.04. The van der Waals surface area contributed by atoms with Crippen LogP contribution in [0.2, 0.25) is 0 Å². The van der Waals surface area contributed by atoms with E-state index >= 15 is 0 Å². The Balaban J connectivity index is 0.00000276. The zero-order valence-electron chi connectivity index (χ0n) is 22.5. The zero-order chi connectivity index (χ0) is 26.8. The van der Waals surface area contributed by atoms with Gasteiger partial charge in [0.15, 0.2) is 5.84 Å². The number of hydrogen-bond donors (Lipinski definition) is 1. The van der Waals surface area contributed by atoms with E-state index in [9.17, 15) is 0 Å². The molecule has 1 saturated heterocycles. The monoisotopic (exact) mass is 549 g/mol. The summed E-state index contributed by atoms with van der Waals surface area (Å²) in [5, 5.41) is 4.30. The number of ether oxygens (including phenoxy) is 1. The van der Waals surface area contributed by atoms with Crippen molar-refractivity contribution < 1.29 is 4.74 Å². The number of nitrogens with zero attached hydrogens (tertiary/aromatic N) is 8. The van der Waals surface area contributed by atoms with Crippen LogP contribution in [0.25, 0.3) is 11.3 Å². The third kappa shape index (κ3) is 4.08. The maximum absolute atomic E-state index is 6.67. The van der Waals surface area contributed by atoms with Crippen LogP contribution in [-0.2, 0) is 20.0 Å². The van der Waals surface area contributed by atoms with E-state index in [1.165, 1.54) is 0 Å². The van der Waals surface area contributed by atoms with Crippen LogP contribution >= 0.6 is 0 Å². The summed E-state index contributed by atoms with van der Waals surface area (Å²) >= 11 is 0. The molecule has 0 aliphatic carbocycles. The molecule has 0 bridgehead atoms. The van der Waals surface area contributed by atoms with Gasteiger partial charge in [-0.25, -0.2) is 9.97 Å². The number of para-hydroxylation sites is 1. The van der Waals surface area contributed by atoms with Crippen LogP contribution in [0, 0.1) is 0 Å². The van der Waals surface area contributed by atoms with Crippen LogP contribution in [0.3, 0.4) is 0 Å². The Morgan fingerprint density at radius 2 is 1.85 bits per heavy atom. The van der Waals surface area contributed by atoms with Gasteiger partial charge in [0.2, 0.25) is 0 Å². The second kappa shape index (κ2) is 9.66. The molecular formula is C31H35N9O. The van der Waals surface area contributed by atoms with Gasteiger partial charge in [0.1, 0.15) is 22.9 Å². The first-order valence-electron chi connectivity index (χ1n) is 14.0. The number of amidine groups is 1. The predicted octanol–water partition coefficient (Wildman–Crippen LogP) is 4.05. The van der Waals surface area contributed by atoms with Gasteiger partial charge in [-0.3, -0.25) is 14.7 Å². The van der Waals surface area contributed by atoms with Crippen molar-refractivity contribution in [2.75, 3.05) is 29.4 Å². The number of aliphatic imine (C=N–C) groups is 1. The third-order valence-corrected chi connectivity index (χ3v) is 8.78. The lowest BCUT2D eigenvalue weighted by molar-refractivity contribution is 0.0431. The van der Waals surface area contributed by atoms with Crippen LogP contribution in [0.5, 0.6) is 5.75 Å². The Morgan fingerprint density at radius 1 is 1.00 bits per heavy atom. The summed E-state index contributed by atoms with van der Waals surface area (Å²) in [5.74, 6) is 2.72. The molecule has 0 radical (unpaired) electrons. The number of pyridine rings is 1. The Bertz CT molecular complexity index is 1650. The van der Waals surface area contributed by atoms with Crippen molar-refractivity contribution in [1.82, 2.24) is 24.7 Å². The summed E-state index contributed by atoms with van der Waals surface area (Å²) in [6, 6.07) is 12.3. The average Bonchev–Trinajstić information content (AvgIpc) is 3.69. The molecule has 210 valence electrons. The van der Waals surface area contributed by atoms with Crippen molar-refractivity contribution in [3.8, 4) is 17.0 Å². The highest BCUT2D eigenvalue weighted by Crippen LogP contribution is 2.47. The summed E-state index contributed by atoms with van der Waals surface area (Å²) in [7, 11) is 1.92. The Morgan fingerprint density at radius 3 is 2.66 bits per heavy atom. The molecule has 0 unspecified atom stereocenters. The molecule has 0 amide bonds. The SMILES string of the molecule is C.Cn1cc(-c2ccc3c(n2)CCCN3C2=NCc3nc(N4CCC5(CC4)Oc4ccccc4[C@H]5N)cnc32)cn1. The normalized spacial score (nSPS) is 20.1. The van der Waals surface area contributed by atoms with Gasteiger partial charge in [-0.2, -0.15) is 5.10 Å². The average molecular weight is 550 g/mol. The lowest BCUT2D eigenvalue weighted by atomic mass is 9.83. The van der Waals surface area contributed by atoms with Gasteiger partial charge in [-0.15, -0.1) is 0 Å². The van der Waals surface area contributed by atoms with Crippen molar-refractivity contribution in [2.24, 2.45) is 17.8 Å². The van der Waals surface area contributed by atoms with E-state index in [1.807, 2.05) is 43.8 Å². The third-order valence-electron chi connectivity index (χ3n) is 8.78. The molecular weight excluding hydrogens is 514 g/mol. The van der Waals surface area contributed by atoms with Crippen molar-refractivity contribution in [3.05, 3.63) is 77.6 Å². The van der Waals surface area contributed by atoms with Crippen molar-refractivity contribution in [2.45, 2.75) is 51.3 Å². The maximum Gasteiger partial charge on any atom is 0.156 e. The lowest BCUT2D eigenvalue weighted by Crippen LogP contribution is -2.51. The van der Waals surface area contributed by atoms with E-state index in [2.05, 4.69) is 33.1 Å². The van der Waals surface area contributed by atoms with Crippen LogP contribution in [0.1, 0.15) is 55.4 Å². The van der Waals surface area contributed by atoms with Gasteiger partial charge in [0.25, 0.3) is 0 Å². The molecule has 7 heterocycles. The van der Waals surface area contributed by atoms with Gasteiger partial charge in [0.05, 0.1) is 47.7 Å². The Labute approximate surface area is 239 Å². The highest BCUT2D eigenvalue weighted by atomic mass is 16.5. The first kappa shape index (κ1) is 25.6. The molecule has 4 aliphatic heterocycles. The quantitative estimate of drug-likeness (QED) is 0.399. The summed E-state index contributed by atoms with van der Waals surface area (Å²) < 4.78 is 8.23. The summed E-state index contributed by atoms with van der Waals surface area (Å²) in [4.78, 5) is 24.4. The fourth-order valence-corrected chi connectivity index (χ4v) is 6.61. The highest BCUT2D eigenvalue weighted by Gasteiger charge is 2.48. The van der Waals surface area contributed by atoms with E-state index in [0.29, 0.717) is 6.54 Å². The van der Waals surface area contributed by atoms with E-state index in [0.717, 1.165) is 102 Å². The molecule has 1 spiro atoms. The van der Waals surface area contributed by atoms with Crippen LogP contribution in [-0.4, -0.2) is 55.8 Å². The number of anilines is 2. The predicted molar refractivity (Wildman–Crippen MR) is 159 cm³/mol. The number of fused-ring (bicyclic) bond motifs is 3. The number of aromatic nitrogens is 5. The number of benzene rings is 1. The molecule has 4 aliphatic rings. The summed E-state index contributed by atoms with van der Waals surface area (Å²) in [5.41, 5.74) is 13.4. The number of rotatable bonds is 2. The van der Waals surface area contributed by atoms with Gasteiger partial charge >= 0.3 is 0 Å². The number of aryl methyl sites for hydroxylation is 2. The van der Waals surface area contributed by atoms with Gasteiger partial charge in [-0.1, -0.05) is 25.6 Å². The summed E-state index contributed by atoms with van der Waals surface area (Å²) in [6.07, 6.45) is 9.41. The Hall–Kier alpha value is -4.31. The minimum Gasteiger partial charge on any atom is -0.485 e. The smallest absolute Gasteiger partial charge is 0.156 e. The van der Waals surface area contributed by atoms with E-state index in [-0.39, 0.29) is 19.1 Å². The van der Waals surface area contributed by atoms with Crippen LogP contribution < -0.4 is 20.3 Å². The van der Waals surface area contributed by atoms with Gasteiger partial charge in [0, 0.05) is 56.8 Å². The molecule has 1 atom stereocenters. The summed E-state index contributed by atoms with van der Waals surface area (Å²) in [6.45, 7) is 3.08. The maximum atomic E-state index is 6.67. The second-order valence-corrected chi connectivity index (χ2v) is 11.2. The minimum absolute atomic E-state index is 0. The van der Waals surface area contributed by atoms with Crippen molar-refractivity contribution in [1.29, 1.82) is 0 Å². The fraction of sp³-hybridized carbons (Fsp3) is 0.387. The topological polar surface area (TPSA) is 111 Å². The van der Waals surface area contributed by atoms with Gasteiger partial charge in [-0.05, 0) is 31.0 Å². The van der Waals surface area contributed by atoms with Crippen LogP contribution in [0.15, 0.2) is 60.0 Å². The van der Waals surface area contributed by atoms with Gasteiger partial charge < -0.3 is 20.3 Å². The molecule has 41 heavy (non-hydrogen) atoms. The molecule has 10 nitrogen and oxygen atoms in total. The largest absolute Gasteiger partial charge is 0.485 e. The molecule has 10 heteroatoms. The number of hydrogen-bond acceptors (Lipinski definition) is 9. The number of nitrogens with two attached hydrogens (primary N) is 1. The molecule has 2 N–H and O–H groups in total. The lowest BCUT2D eigenvalue weighted by Gasteiger charge is -2.41. The molecule has 4 aromatic rings. The van der Waals surface area contributed by atoms with E-state index < -0.39 is 0 Å². The molecule has 8 rings (SSSR count). The number of piperidine rings is 1. The van der Waals surface area contributed by atoms with Crippen molar-refractivity contribution in [3.63, 3.8) is 0 Å². The van der Waals surface area contributed by atoms with Crippen molar-refractivity contribution >= 4 is 17.3 Å². The molecule has 1 aromatic carbocycles. The first-order chi connectivity index (χ1) is 19.6. The fourth-order valence-electron chi connectivity index (χ4n) is 6.61. The highest BCUT2D eigenvalue weighted by molar-refractivity contribution is 6.11. The standard InChI is InChI=1S/C30H31N9O.CH4/c1-37-18-19(15-34-37)21-8-9-24-22(35-21)6-4-12-39(24)29-27-23(16-33-29)36-26(17-32-27)38-13-10-30(11-14-38)28(31)20-5-2-3-7-25(20)40-30;/h2-3,5,7-9,15,17-18,28H,4,6,10-14,16,31H2,1H3;1H4/t28-;/m1./s1.